The van der Waals surface area contributed by atoms with E-state index in [0.29, 0.717) is 38.5 Å². The third kappa shape index (κ3) is 3.19. The van der Waals surface area contributed by atoms with Crippen LogP contribution in [0.2, 0.25) is 0 Å². The minimum atomic E-state index is -0.383. The van der Waals surface area contributed by atoms with Crippen LogP contribution in [0.3, 0.4) is 0 Å². The van der Waals surface area contributed by atoms with Gasteiger partial charge in [-0.3, -0.25) is 4.79 Å². The summed E-state index contributed by atoms with van der Waals surface area (Å²) in [4.78, 5) is 27.4. The molecular formula is C15H18FN3O3. The number of carbonyl (C=O) groups excluding carboxylic acids is 2. The Hall–Kier alpha value is -2.15. The first-order valence-electron chi connectivity index (χ1n) is 7.32. The normalized spacial score (nSPS) is 22.0. The van der Waals surface area contributed by atoms with Crippen LogP contribution in [-0.4, -0.2) is 55.7 Å². The van der Waals surface area contributed by atoms with Gasteiger partial charge in [-0.25, -0.2) is 9.18 Å². The van der Waals surface area contributed by atoms with Gasteiger partial charge in [0.1, 0.15) is 5.82 Å². The van der Waals surface area contributed by atoms with Crippen LogP contribution in [0, 0.1) is 5.82 Å². The van der Waals surface area contributed by atoms with Gasteiger partial charge in [0.2, 0.25) is 5.91 Å². The van der Waals surface area contributed by atoms with Crippen molar-refractivity contribution < 1.29 is 18.7 Å². The zero-order valence-electron chi connectivity index (χ0n) is 12.1. The fourth-order valence-corrected chi connectivity index (χ4v) is 2.73. The summed E-state index contributed by atoms with van der Waals surface area (Å²) in [5, 5.41) is 2.87. The predicted molar refractivity (Wildman–Crippen MR) is 78.1 cm³/mol. The van der Waals surface area contributed by atoms with Crippen molar-refractivity contribution in [2.45, 2.75) is 12.5 Å². The number of carbonyl (C=O) groups is 2. The van der Waals surface area contributed by atoms with Gasteiger partial charge in [-0.15, -0.1) is 0 Å². The molecule has 0 aliphatic carbocycles. The molecule has 2 fully saturated rings. The summed E-state index contributed by atoms with van der Waals surface area (Å²) in [5.74, 6) is -0.496. The van der Waals surface area contributed by atoms with Crippen LogP contribution in [0.15, 0.2) is 24.3 Å². The van der Waals surface area contributed by atoms with Crippen LogP contribution < -0.4 is 10.2 Å². The Morgan fingerprint density at radius 2 is 2.09 bits per heavy atom. The van der Waals surface area contributed by atoms with E-state index in [1.165, 1.54) is 17.0 Å². The number of hydrogen-bond donors (Lipinski definition) is 1. The van der Waals surface area contributed by atoms with Gasteiger partial charge in [-0.2, -0.15) is 0 Å². The Kier molecular flexibility index (Phi) is 4.24. The molecule has 3 rings (SSSR count). The van der Waals surface area contributed by atoms with E-state index < -0.39 is 0 Å². The molecule has 3 amide bonds. The molecule has 1 atom stereocenters. The maximum absolute atomic E-state index is 13.3. The Morgan fingerprint density at radius 3 is 2.82 bits per heavy atom. The number of nitrogens with zero attached hydrogens (tertiary/aromatic N) is 2. The molecule has 0 bridgehead atoms. The lowest BCUT2D eigenvalue weighted by atomic mass is 10.2. The standard InChI is InChI=1S/C15H18FN3O3/c16-11-2-1-3-13(8-11)19-10-12(9-14(19)20)17-15(21)18-4-6-22-7-5-18/h1-3,8,12H,4-7,9-10H2,(H,17,21)/t12-/m0/s1. The SMILES string of the molecule is O=C(N[C@H]1CC(=O)N(c2cccc(F)c2)C1)N1CCOCC1. The predicted octanol–water partition coefficient (Wildman–Crippen LogP) is 0.973. The second kappa shape index (κ2) is 6.31. The van der Waals surface area contributed by atoms with Gasteiger partial charge >= 0.3 is 6.03 Å². The van der Waals surface area contributed by atoms with Crippen molar-refractivity contribution >= 4 is 17.6 Å². The number of ether oxygens (including phenoxy) is 1. The Balaban J connectivity index is 1.61. The van der Waals surface area contributed by atoms with Crippen LogP contribution in [0.1, 0.15) is 6.42 Å². The Morgan fingerprint density at radius 1 is 1.32 bits per heavy atom. The zero-order chi connectivity index (χ0) is 15.5. The summed E-state index contributed by atoms with van der Waals surface area (Å²) < 4.78 is 18.5. The lowest BCUT2D eigenvalue weighted by Crippen LogP contribution is -2.49. The summed E-state index contributed by atoms with van der Waals surface area (Å²) in [6, 6.07) is 5.48. The monoisotopic (exact) mass is 307 g/mol. The number of hydrogen-bond acceptors (Lipinski definition) is 3. The molecule has 0 saturated carbocycles. The molecule has 118 valence electrons. The number of rotatable bonds is 2. The summed E-state index contributed by atoms with van der Waals surface area (Å²) in [7, 11) is 0. The molecule has 1 aromatic rings. The highest BCUT2D eigenvalue weighted by Crippen LogP contribution is 2.22. The van der Waals surface area contributed by atoms with E-state index in [1.807, 2.05) is 0 Å². The molecule has 2 aliphatic heterocycles. The molecule has 0 unspecified atom stereocenters. The number of urea groups is 1. The number of halogens is 1. The first-order chi connectivity index (χ1) is 10.6. The summed E-state index contributed by atoms with van der Waals surface area (Å²) in [6.45, 7) is 2.54. The molecule has 0 spiro atoms. The Labute approximate surface area is 127 Å². The highest BCUT2D eigenvalue weighted by molar-refractivity contribution is 5.96. The van der Waals surface area contributed by atoms with E-state index in [4.69, 9.17) is 4.74 Å². The average Bonchev–Trinajstić information content (AvgIpc) is 2.88. The Bertz CT molecular complexity index is 575. The van der Waals surface area contributed by atoms with Crippen LogP contribution >= 0.6 is 0 Å². The fourth-order valence-electron chi connectivity index (χ4n) is 2.73. The molecule has 2 heterocycles. The molecule has 2 saturated heterocycles. The van der Waals surface area contributed by atoms with Crippen molar-refractivity contribution in [3.8, 4) is 0 Å². The van der Waals surface area contributed by atoms with Gasteiger partial charge in [-0.05, 0) is 18.2 Å². The van der Waals surface area contributed by atoms with Gasteiger partial charge in [0, 0.05) is 31.7 Å². The molecule has 22 heavy (non-hydrogen) atoms. The average molecular weight is 307 g/mol. The number of amides is 3. The van der Waals surface area contributed by atoms with Crippen LogP contribution in [0.5, 0.6) is 0 Å². The number of morpholine rings is 1. The molecule has 6 nitrogen and oxygen atoms in total. The van der Waals surface area contributed by atoms with Crippen molar-refractivity contribution in [2.75, 3.05) is 37.7 Å². The molecular weight excluding hydrogens is 289 g/mol. The van der Waals surface area contributed by atoms with E-state index in [2.05, 4.69) is 5.32 Å². The minimum absolute atomic E-state index is 0.113. The van der Waals surface area contributed by atoms with Crippen LogP contribution in [0.4, 0.5) is 14.9 Å². The maximum atomic E-state index is 13.3. The first kappa shape index (κ1) is 14.8. The van der Waals surface area contributed by atoms with E-state index in [1.54, 1.807) is 17.0 Å². The summed E-state index contributed by atoms with van der Waals surface area (Å²) >= 11 is 0. The third-order valence-corrected chi connectivity index (χ3v) is 3.87. The van der Waals surface area contributed by atoms with E-state index in [-0.39, 0.29) is 30.2 Å². The molecule has 1 aromatic carbocycles. The number of anilines is 1. The van der Waals surface area contributed by atoms with E-state index >= 15 is 0 Å². The minimum Gasteiger partial charge on any atom is -0.378 e. The largest absolute Gasteiger partial charge is 0.378 e. The lowest BCUT2D eigenvalue weighted by molar-refractivity contribution is -0.117. The van der Waals surface area contributed by atoms with E-state index in [0.717, 1.165) is 0 Å². The highest BCUT2D eigenvalue weighted by Gasteiger charge is 2.32. The fraction of sp³-hybridized carbons (Fsp3) is 0.467. The molecule has 0 aromatic heterocycles. The molecule has 2 aliphatic rings. The van der Waals surface area contributed by atoms with Crippen molar-refractivity contribution in [2.24, 2.45) is 0 Å². The van der Waals surface area contributed by atoms with Crippen molar-refractivity contribution in [1.29, 1.82) is 0 Å². The van der Waals surface area contributed by atoms with Crippen LogP contribution in [0.25, 0.3) is 0 Å². The molecule has 7 heteroatoms. The molecule has 1 N–H and O–H groups in total. The van der Waals surface area contributed by atoms with Gasteiger partial charge < -0.3 is 19.9 Å². The van der Waals surface area contributed by atoms with Crippen molar-refractivity contribution in [1.82, 2.24) is 10.2 Å². The van der Waals surface area contributed by atoms with Crippen LogP contribution in [-0.2, 0) is 9.53 Å². The lowest BCUT2D eigenvalue weighted by Gasteiger charge is -2.28. The molecule has 0 radical (unpaired) electrons. The number of nitrogens with one attached hydrogen (secondary N) is 1. The second-order valence-corrected chi connectivity index (χ2v) is 5.43. The maximum Gasteiger partial charge on any atom is 0.317 e. The number of benzene rings is 1. The third-order valence-electron chi connectivity index (χ3n) is 3.87. The first-order valence-corrected chi connectivity index (χ1v) is 7.32. The second-order valence-electron chi connectivity index (χ2n) is 5.43. The topological polar surface area (TPSA) is 61.9 Å². The van der Waals surface area contributed by atoms with E-state index in [9.17, 15) is 14.0 Å². The summed E-state index contributed by atoms with van der Waals surface area (Å²) in [5.41, 5.74) is 0.521. The zero-order valence-corrected chi connectivity index (χ0v) is 12.1. The van der Waals surface area contributed by atoms with Gasteiger partial charge in [-0.1, -0.05) is 6.07 Å². The van der Waals surface area contributed by atoms with Gasteiger partial charge in [0.25, 0.3) is 0 Å². The van der Waals surface area contributed by atoms with Crippen molar-refractivity contribution in [3.63, 3.8) is 0 Å². The van der Waals surface area contributed by atoms with Gasteiger partial charge in [0.15, 0.2) is 0 Å². The quantitative estimate of drug-likeness (QED) is 0.886. The van der Waals surface area contributed by atoms with Crippen molar-refractivity contribution in [3.05, 3.63) is 30.1 Å². The highest BCUT2D eigenvalue weighted by atomic mass is 19.1. The van der Waals surface area contributed by atoms with Gasteiger partial charge in [0.05, 0.1) is 19.3 Å². The summed E-state index contributed by atoms with van der Waals surface area (Å²) in [6.07, 6.45) is 0.229. The smallest absolute Gasteiger partial charge is 0.317 e.